The zero-order chi connectivity index (χ0) is 13.0. The average molecular weight is 249 g/mol. The largest absolute Gasteiger partial charge is 0.493 e. The normalized spacial score (nSPS) is 13.4. The van der Waals surface area contributed by atoms with E-state index in [-0.39, 0.29) is 6.54 Å². The molecule has 18 heavy (non-hydrogen) atoms. The molecule has 1 aromatic rings. The van der Waals surface area contributed by atoms with Gasteiger partial charge in [-0.3, -0.25) is 9.69 Å². The van der Waals surface area contributed by atoms with Crippen LogP contribution in [-0.2, 0) is 17.6 Å². The number of carboxylic acids is 1. The minimum atomic E-state index is -0.765. The lowest BCUT2D eigenvalue weighted by Crippen LogP contribution is -2.31. The standard InChI is InChI=1S/C14H19NO3/c1-2-15(10-14(16)17)7-5-11-3-4-13-12(9-11)6-8-18-13/h3-4,9H,2,5-8,10H2,1H3,(H,16,17). The van der Waals surface area contributed by atoms with Gasteiger partial charge in [0.15, 0.2) is 0 Å². The second kappa shape index (κ2) is 5.87. The smallest absolute Gasteiger partial charge is 0.317 e. The molecule has 0 aliphatic carbocycles. The number of ether oxygens (including phenoxy) is 1. The fraction of sp³-hybridized carbons (Fsp3) is 0.500. The van der Waals surface area contributed by atoms with Gasteiger partial charge in [-0.05, 0) is 30.2 Å². The van der Waals surface area contributed by atoms with Crippen molar-refractivity contribution < 1.29 is 14.6 Å². The molecule has 0 fully saturated rings. The van der Waals surface area contributed by atoms with Crippen LogP contribution in [0.25, 0.3) is 0 Å². The van der Waals surface area contributed by atoms with E-state index >= 15 is 0 Å². The number of carboxylic acid groups (broad SMARTS) is 1. The monoisotopic (exact) mass is 249 g/mol. The van der Waals surface area contributed by atoms with Crippen LogP contribution < -0.4 is 4.74 Å². The van der Waals surface area contributed by atoms with Gasteiger partial charge in [0.2, 0.25) is 0 Å². The number of hydrogen-bond acceptors (Lipinski definition) is 3. The predicted molar refractivity (Wildman–Crippen MR) is 69.1 cm³/mol. The van der Waals surface area contributed by atoms with Crippen LogP contribution in [0.4, 0.5) is 0 Å². The van der Waals surface area contributed by atoms with E-state index in [0.717, 1.165) is 38.3 Å². The number of rotatable bonds is 6. The fourth-order valence-corrected chi connectivity index (χ4v) is 2.22. The number of carbonyl (C=O) groups is 1. The Bertz CT molecular complexity index is 431. The molecule has 1 aromatic carbocycles. The quantitative estimate of drug-likeness (QED) is 0.831. The van der Waals surface area contributed by atoms with Crippen molar-refractivity contribution in [2.75, 3.05) is 26.2 Å². The average Bonchev–Trinajstić information content (AvgIpc) is 2.81. The van der Waals surface area contributed by atoms with Gasteiger partial charge < -0.3 is 9.84 Å². The summed E-state index contributed by atoms with van der Waals surface area (Å²) >= 11 is 0. The third-order valence-electron chi connectivity index (χ3n) is 3.28. The van der Waals surface area contributed by atoms with Crippen molar-refractivity contribution in [3.05, 3.63) is 29.3 Å². The van der Waals surface area contributed by atoms with Crippen LogP contribution in [0.1, 0.15) is 18.1 Å². The fourth-order valence-electron chi connectivity index (χ4n) is 2.22. The number of hydrogen-bond donors (Lipinski definition) is 1. The van der Waals surface area contributed by atoms with Crippen LogP contribution in [0.5, 0.6) is 5.75 Å². The van der Waals surface area contributed by atoms with E-state index in [4.69, 9.17) is 9.84 Å². The molecule has 4 nitrogen and oxygen atoms in total. The maximum Gasteiger partial charge on any atom is 0.317 e. The van der Waals surface area contributed by atoms with Crippen molar-refractivity contribution in [3.63, 3.8) is 0 Å². The Labute approximate surface area is 107 Å². The summed E-state index contributed by atoms with van der Waals surface area (Å²) in [5.74, 6) is 0.232. The summed E-state index contributed by atoms with van der Waals surface area (Å²) in [6.07, 6.45) is 1.87. The van der Waals surface area contributed by atoms with Gasteiger partial charge in [0.25, 0.3) is 0 Å². The molecule has 0 aromatic heterocycles. The van der Waals surface area contributed by atoms with Crippen LogP contribution >= 0.6 is 0 Å². The summed E-state index contributed by atoms with van der Waals surface area (Å²) in [6, 6.07) is 6.26. The molecule has 0 saturated heterocycles. The van der Waals surface area contributed by atoms with E-state index in [1.807, 2.05) is 17.9 Å². The van der Waals surface area contributed by atoms with Crippen molar-refractivity contribution in [1.29, 1.82) is 0 Å². The molecule has 0 saturated carbocycles. The van der Waals surface area contributed by atoms with Gasteiger partial charge in [0, 0.05) is 13.0 Å². The Kier molecular flexibility index (Phi) is 4.20. The Hall–Kier alpha value is -1.55. The summed E-state index contributed by atoms with van der Waals surface area (Å²) in [6.45, 7) is 4.42. The zero-order valence-electron chi connectivity index (χ0n) is 10.7. The van der Waals surface area contributed by atoms with Gasteiger partial charge in [-0.25, -0.2) is 0 Å². The molecular weight excluding hydrogens is 230 g/mol. The van der Waals surface area contributed by atoms with Crippen molar-refractivity contribution in [2.24, 2.45) is 0 Å². The SMILES string of the molecule is CCN(CCc1ccc2c(c1)CCO2)CC(=O)O. The van der Waals surface area contributed by atoms with Crippen molar-refractivity contribution in [3.8, 4) is 5.75 Å². The highest BCUT2D eigenvalue weighted by Crippen LogP contribution is 2.25. The third kappa shape index (κ3) is 3.23. The first-order valence-electron chi connectivity index (χ1n) is 6.38. The highest BCUT2D eigenvalue weighted by molar-refractivity contribution is 5.69. The van der Waals surface area contributed by atoms with Crippen LogP contribution in [0.3, 0.4) is 0 Å². The Morgan fingerprint density at radius 1 is 1.50 bits per heavy atom. The number of likely N-dealkylation sites (N-methyl/N-ethyl adjacent to an activating group) is 1. The molecule has 0 atom stereocenters. The molecule has 2 rings (SSSR count). The van der Waals surface area contributed by atoms with Crippen molar-refractivity contribution in [1.82, 2.24) is 4.90 Å². The predicted octanol–water partition coefficient (Wildman–Crippen LogP) is 1.57. The van der Waals surface area contributed by atoms with Crippen LogP contribution in [0.2, 0.25) is 0 Å². The maximum atomic E-state index is 10.7. The lowest BCUT2D eigenvalue weighted by molar-refractivity contribution is -0.138. The number of nitrogens with zero attached hydrogens (tertiary/aromatic N) is 1. The number of aliphatic carboxylic acids is 1. The molecule has 0 unspecified atom stereocenters. The summed E-state index contributed by atoms with van der Waals surface area (Å²) in [5, 5.41) is 8.78. The first-order valence-corrected chi connectivity index (χ1v) is 6.38. The summed E-state index contributed by atoms with van der Waals surface area (Å²) in [5.41, 5.74) is 2.52. The van der Waals surface area contributed by atoms with E-state index in [1.54, 1.807) is 0 Å². The molecule has 1 aliphatic heterocycles. The molecule has 98 valence electrons. The molecular formula is C14H19NO3. The zero-order valence-corrected chi connectivity index (χ0v) is 10.7. The third-order valence-corrected chi connectivity index (χ3v) is 3.28. The molecule has 1 N–H and O–H groups in total. The van der Waals surface area contributed by atoms with Crippen LogP contribution in [0, 0.1) is 0 Å². The molecule has 1 heterocycles. The van der Waals surface area contributed by atoms with Gasteiger partial charge in [0.05, 0.1) is 13.2 Å². The summed E-state index contributed by atoms with van der Waals surface area (Å²) in [4.78, 5) is 12.6. The molecule has 0 spiro atoms. The van der Waals surface area contributed by atoms with Crippen molar-refractivity contribution in [2.45, 2.75) is 19.8 Å². The topological polar surface area (TPSA) is 49.8 Å². The maximum absolute atomic E-state index is 10.7. The highest BCUT2D eigenvalue weighted by atomic mass is 16.5. The lowest BCUT2D eigenvalue weighted by atomic mass is 10.1. The highest BCUT2D eigenvalue weighted by Gasteiger charge is 2.13. The number of benzene rings is 1. The Morgan fingerprint density at radius 2 is 2.33 bits per heavy atom. The van der Waals surface area contributed by atoms with Gasteiger partial charge >= 0.3 is 5.97 Å². The van der Waals surface area contributed by atoms with Gasteiger partial charge in [0.1, 0.15) is 5.75 Å². The molecule has 4 heteroatoms. The molecule has 0 radical (unpaired) electrons. The van der Waals surface area contributed by atoms with E-state index in [2.05, 4.69) is 12.1 Å². The van der Waals surface area contributed by atoms with Crippen LogP contribution in [0.15, 0.2) is 18.2 Å². The van der Waals surface area contributed by atoms with Gasteiger partial charge in [-0.15, -0.1) is 0 Å². The molecule has 0 amide bonds. The summed E-state index contributed by atoms with van der Waals surface area (Å²) in [7, 11) is 0. The Morgan fingerprint density at radius 3 is 3.06 bits per heavy atom. The first kappa shape index (κ1) is 12.9. The van der Waals surface area contributed by atoms with Gasteiger partial charge in [-0.1, -0.05) is 19.1 Å². The molecule has 0 bridgehead atoms. The second-order valence-electron chi connectivity index (χ2n) is 4.55. The lowest BCUT2D eigenvalue weighted by Gasteiger charge is -2.17. The Balaban J connectivity index is 1.91. The van der Waals surface area contributed by atoms with E-state index in [1.165, 1.54) is 11.1 Å². The minimum absolute atomic E-state index is 0.116. The number of fused-ring (bicyclic) bond motifs is 1. The van der Waals surface area contributed by atoms with Gasteiger partial charge in [-0.2, -0.15) is 0 Å². The van der Waals surface area contributed by atoms with Crippen molar-refractivity contribution >= 4 is 5.97 Å². The second-order valence-corrected chi connectivity index (χ2v) is 4.55. The minimum Gasteiger partial charge on any atom is -0.493 e. The van der Waals surface area contributed by atoms with E-state index in [0.29, 0.717) is 0 Å². The van der Waals surface area contributed by atoms with Crippen LogP contribution in [-0.4, -0.2) is 42.2 Å². The van der Waals surface area contributed by atoms with E-state index < -0.39 is 5.97 Å². The first-order chi connectivity index (χ1) is 8.69. The molecule has 1 aliphatic rings. The van der Waals surface area contributed by atoms with E-state index in [9.17, 15) is 4.79 Å². The summed E-state index contributed by atoms with van der Waals surface area (Å²) < 4.78 is 5.46.